The lowest BCUT2D eigenvalue weighted by Crippen LogP contribution is -2.45. The summed E-state index contributed by atoms with van der Waals surface area (Å²) in [6.07, 6.45) is 0.431. The Morgan fingerprint density at radius 1 is 1.20 bits per heavy atom. The number of nitrogens with one attached hydrogen (secondary N) is 1. The number of hydrogen-bond acceptors (Lipinski definition) is 3. The second kappa shape index (κ2) is 6.43. The van der Waals surface area contributed by atoms with Crippen molar-refractivity contribution in [3.63, 3.8) is 0 Å². The topological polar surface area (TPSA) is 55.4 Å². The molecule has 0 aliphatic carbocycles. The highest BCUT2D eigenvalue weighted by Gasteiger charge is 2.24. The van der Waals surface area contributed by atoms with Gasteiger partial charge in [0.2, 0.25) is 5.91 Å². The van der Waals surface area contributed by atoms with Crippen molar-refractivity contribution in [1.82, 2.24) is 5.32 Å². The average molecular weight is 215 g/mol. The van der Waals surface area contributed by atoms with E-state index in [1.807, 2.05) is 27.7 Å². The van der Waals surface area contributed by atoms with Crippen LogP contribution in [0.25, 0.3) is 0 Å². The molecule has 0 unspecified atom stereocenters. The van der Waals surface area contributed by atoms with E-state index in [-0.39, 0.29) is 23.7 Å². The molecule has 0 aliphatic heterocycles. The monoisotopic (exact) mass is 215 g/mol. The maximum absolute atomic E-state index is 11.5. The highest BCUT2D eigenvalue weighted by molar-refractivity contribution is 5.84. The molecule has 15 heavy (non-hydrogen) atoms. The second-order valence-corrected chi connectivity index (χ2v) is 4.41. The molecular weight excluding hydrogens is 194 g/mol. The number of esters is 1. The standard InChI is InChI=1S/C11H21NO3/c1-7(2)6-9(13)12-10(8(3)4)11(14)15-5/h7-8,10H,6H2,1-5H3,(H,12,13)/t10-/m1/s1. The summed E-state index contributed by atoms with van der Waals surface area (Å²) in [4.78, 5) is 22.8. The maximum Gasteiger partial charge on any atom is 0.328 e. The first-order valence-corrected chi connectivity index (χ1v) is 5.25. The van der Waals surface area contributed by atoms with Gasteiger partial charge in [-0.1, -0.05) is 27.7 Å². The van der Waals surface area contributed by atoms with E-state index < -0.39 is 6.04 Å². The van der Waals surface area contributed by atoms with Gasteiger partial charge in [0.15, 0.2) is 0 Å². The van der Waals surface area contributed by atoms with Crippen molar-refractivity contribution in [3.05, 3.63) is 0 Å². The first-order chi connectivity index (χ1) is 6.88. The molecule has 4 heteroatoms. The first-order valence-electron chi connectivity index (χ1n) is 5.25. The number of rotatable bonds is 5. The summed E-state index contributed by atoms with van der Waals surface area (Å²) >= 11 is 0. The Hall–Kier alpha value is -1.06. The van der Waals surface area contributed by atoms with Crippen LogP contribution in [0.3, 0.4) is 0 Å². The molecule has 0 aromatic heterocycles. The van der Waals surface area contributed by atoms with E-state index in [9.17, 15) is 9.59 Å². The van der Waals surface area contributed by atoms with Crippen molar-refractivity contribution in [2.75, 3.05) is 7.11 Å². The third-order valence-electron chi connectivity index (χ3n) is 2.03. The van der Waals surface area contributed by atoms with E-state index in [2.05, 4.69) is 10.1 Å². The van der Waals surface area contributed by atoms with Gasteiger partial charge in [0.1, 0.15) is 6.04 Å². The summed E-state index contributed by atoms with van der Waals surface area (Å²) in [5, 5.41) is 2.68. The number of ether oxygens (including phenoxy) is 1. The van der Waals surface area contributed by atoms with Crippen molar-refractivity contribution < 1.29 is 14.3 Å². The van der Waals surface area contributed by atoms with Gasteiger partial charge in [0.05, 0.1) is 7.11 Å². The number of carbonyl (C=O) groups is 2. The minimum Gasteiger partial charge on any atom is -0.467 e. The van der Waals surface area contributed by atoms with Crippen LogP contribution in [-0.4, -0.2) is 25.0 Å². The van der Waals surface area contributed by atoms with E-state index >= 15 is 0 Å². The van der Waals surface area contributed by atoms with Gasteiger partial charge in [0.25, 0.3) is 0 Å². The van der Waals surface area contributed by atoms with Crippen LogP contribution in [0.5, 0.6) is 0 Å². The van der Waals surface area contributed by atoms with Gasteiger partial charge < -0.3 is 10.1 Å². The zero-order chi connectivity index (χ0) is 12.0. The Labute approximate surface area is 91.4 Å². The SMILES string of the molecule is COC(=O)[C@H](NC(=O)CC(C)C)C(C)C. The average Bonchev–Trinajstić information content (AvgIpc) is 2.11. The molecule has 0 spiro atoms. The molecule has 0 rings (SSSR count). The Morgan fingerprint density at radius 3 is 2.07 bits per heavy atom. The van der Waals surface area contributed by atoms with Crippen molar-refractivity contribution in [3.8, 4) is 0 Å². The van der Waals surface area contributed by atoms with Crippen LogP contribution in [0.2, 0.25) is 0 Å². The molecule has 0 aromatic rings. The molecule has 0 aromatic carbocycles. The molecule has 0 saturated heterocycles. The summed E-state index contributed by atoms with van der Waals surface area (Å²) in [5.74, 6) is -0.166. The molecule has 0 bridgehead atoms. The van der Waals surface area contributed by atoms with E-state index in [1.54, 1.807) is 0 Å². The summed E-state index contributed by atoms with van der Waals surface area (Å²) < 4.78 is 4.63. The van der Waals surface area contributed by atoms with Crippen molar-refractivity contribution >= 4 is 11.9 Å². The molecule has 1 atom stereocenters. The zero-order valence-corrected chi connectivity index (χ0v) is 10.2. The normalized spacial score (nSPS) is 12.7. The van der Waals surface area contributed by atoms with Crippen LogP contribution in [0.15, 0.2) is 0 Å². The maximum atomic E-state index is 11.5. The summed E-state index contributed by atoms with van der Waals surface area (Å²) in [7, 11) is 1.33. The van der Waals surface area contributed by atoms with Crippen LogP contribution in [0.1, 0.15) is 34.1 Å². The summed E-state index contributed by atoms with van der Waals surface area (Å²) in [6.45, 7) is 7.67. The van der Waals surface area contributed by atoms with Gasteiger partial charge in [-0.15, -0.1) is 0 Å². The Morgan fingerprint density at radius 2 is 1.73 bits per heavy atom. The largest absolute Gasteiger partial charge is 0.467 e. The second-order valence-electron chi connectivity index (χ2n) is 4.41. The number of methoxy groups -OCH3 is 1. The number of carbonyl (C=O) groups excluding carboxylic acids is 2. The predicted molar refractivity (Wildman–Crippen MR) is 58.2 cm³/mol. The van der Waals surface area contributed by atoms with Crippen molar-refractivity contribution in [2.45, 2.75) is 40.2 Å². The third-order valence-corrected chi connectivity index (χ3v) is 2.03. The Balaban J connectivity index is 4.29. The fourth-order valence-electron chi connectivity index (χ4n) is 1.23. The van der Waals surface area contributed by atoms with Gasteiger partial charge >= 0.3 is 5.97 Å². The third kappa shape index (κ3) is 5.40. The van der Waals surface area contributed by atoms with Gasteiger partial charge in [-0.05, 0) is 11.8 Å². The molecule has 0 heterocycles. The Kier molecular flexibility index (Phi) is 5.97. The highest BCUT2D eigenvalue weighted by atomic mass is 16.5. The van der Waals surface area contributed by atoms with Crippen LogP contribution in [0.4, 0.5) is 0 Å². The summed E-state index contributed by atoms with van der Waals surface area (Å²) in [6, 6.07) is -0.541. The fourth-order valence-corrected chi connectivity index (χ4v) is 1.23. The molecule has 0 fully saturated rings. The van der Waals surface area contributed by atoms with Crippen LogP contribution in [0, 0.1) is 11.8 Å². The van der Waals surface area contributed by atoms with E-state index in [1.165, 1.54) is 7.11 Å². The van der Waals surface area contributed by atoms with Gasteiger partial charge in [-0.2, -0.15) is 0 Å². The fraction of sp³-hybridized carbons (Fsp3) is 0.818. The number of amides is 1. The molecular formula is C11H21NO3. The lowest BCUT2D eigenvalue weighted by atomic mass is 10.0. The van der Waals surface area contributed by atoms with E-state index in [0.29, 0.717) is 6.42 Å². The highest BCUT2D eigenvalue weighted by Crippen LogP contribution is 2.05. The molecule has 88 valence electrons. The lowest BCUT2D eigenvalue weighted by Gasteiger charge is -2.20. The molecule has 1 N–H and O–H groups in total. The Bertz CT molecular complexity index is 224. The zero-order valence-electron chi connectivity index (χ0n) is 10.2. The summed E-state index contributed by atoms with van der Waals surface area (Å²) in [5.41, 5.74) is 0. The van der Waals surface area contributed by atoms with E-state index in [0.717, 1.165) is 0 Å². The minimum absolute atomic E-state index is 0.0357. The molecule has 0 saturated carbocycles. The van der Waals surface area contributed by atoms with Crippen LogP contribution in [-0.2, 0) is 14.3 Å². The van der Waals surface area contributed by atoms with E-state index in [4.69, 9.17) is 0 Å². The molecule has 1 amide bonds. The first kappa shape index (κ1) is 13.9. The predicted octanol–water partition coefficient (Wildman–Crippen LogP) is 1.35. The van der Waals surface area contributed by atoms with Crippen molar-refractivity contribution in [1.29, 1.82) is 0 Å². The quantitative estimate of drug-likeness (QED) is 0.704. The van der Waals surface area contributed by atoms with Gasteiger partial charge in [0, 0.05) is 6.42 Å². The van der Waals surface area contributed by atoms with Gasteiger partial charge in [-0.25, -0.2) is 4.79 Å². The smallest absolute Gasteiger partial charge is 0.328 e. The molecule has 0 aliphatic rings. The van der Waals surface area contributed by atoms with Crippen LogP contribution < -0.4 is 5.32 Å². The number of hydrogen-bond donors (Lipinski definition) is 1. The minimum atomic E-state index is -0.541. The molecule has 0 radical (unpaired) electrons. The lowest BCUT2D eigenvalue weighted by molar-refractivity contribution is -0.146. The van der Waals surface area contributed by atoms with Crippen molar-refractivity contribution in [2.24, 2.45) is 11.8 Å². The molecule has 4 nitrogen and oxygen atoms in total. The van der Waals surface area contributed by atoms with Crippen LogP contribution >= 0.6 is 0 Å². The van der Waals surface area contributed by atoms with Gasteiger partial charge in [-0.3, -0.25) is 4.79 Å².